The molecule has 0 aliphatic heterocycles. The van der Waals surface area contributed by atoms with E-state index in [9.17, 15) is 9.18 Å². The van der Waals surface area contributed by atoms with Gasteiger partial charge in [-0.1, -0.05) is 60.1 Å². The molecule has 0 bridgehead atoms. The monoisotopic (exact) mass is 518 g/mol. The van der Waals surface area contributed by atoms with E-state index in [0.29, 0.717) is 45.6 Å². The lowest BCUT2D eigenvalue weighted by atomic mass is 10.2. The molecular formula is C29H24ClFN2O4. The minimum Gasteiger partial charge on any atom is -0.493 e. The van der Waals surface area contributed by atoms with Gasteiger partial charge in [0.2, 0.25) is 0 Å². The second-order valence-corrected chi connectivity index (χ2v) is 8.32. The average Bonchev–Trinajstić information content (AvgIpc) is 2.92. The van der Waals surface area contributed by atoms with Crippen LogP contribution in [0.25, 0.3) is 0 Å². The highest BCUT2D eigenvalue weighted by Crippen LogP contribution is 2.29. The summed E-state index contributed by atoms with van der Waals surface area (Å²) in [5.41, 5.74) is 4.93. The summed E-state index contributed by atoms with van der Waals surface area (Å²) in [7, 11) is 1.51. The highest BCUT2D eigenvalue weighted by Gasteiger charge is 2.11. The smallest absolute Gasteiger partial charge is 0.271 e. The van der Waals surface area contributed by atoms with E-state index in [4.69, 9.17) is 25.8 Å². The van der Waals surface area contributed by atoms with Gasteiger partial charge in [0.05, 0.1) is 18.3 Å². The lowest BCUT2D eigenvalue weighted by molar-refractivity contribution is 0.0954. The number of hydrogen-bond donors (Lipinski definition) is 1. The highest BCUT2D eigenvalue weighted by atomic mass is 35.5. The third kappa shape index (κ3) is 7.08. The Labute approximate surface area is 219 Å². The van der Waals surface area contributed by atoms with Crippen LogP contribution in [0.2, 0.25) is 5.02 Å². The molecule has 0 fully saturated rings. The molecule has 0 aromatic heterocycles. The van der Waals surface area contributed by atoms with Crippen molar-refractivity contribution in [2.45, 2.75) is 13.2 Å². The molecule has 6 nitrogen and oxygen atoms in total. The molecule has 1 N–H and O–H groups in total. The number of rotatable bonds is 10. The maximum absolute atomic E-state index is 13.8. The van der Waals surface area contributed by atoms with Crippen LogP contribution in [0.5, 0.6) is 17.2 Å². The van der Waals surface area contributed by atoms with E-state index in [2.05, 4.69) is 10.5 Å². The normalized spacial score (nSPS) is 10.8. The van der Waals surface area contributed by atoms with Crippen molar-refractivity contribution in [3.63, 3.8) is 0 Å². The Morgan fingerprint density at radius 3 is 2.38 bits per heavy atom. The molecule has 1 amide bonds. The van der Waals surface area contributed by atoms with Gasteiger partial charge in [-0.25, -0.2) is 9.82 Å². The first-order chi connectivity index (χ1) is 18.0. The van der Waals surface area contributed by atoms with Crippen LogP contribution in [0.1, 0.15) is 27.0 Å². The zero-order valence-corrected chi connectivity index (χ0v) is 20.7. The van der Waals surface area contributed by atoms with Crippen molar-refractivity contribution < 1.29 is 23.4 Å². The Kier molecular flexibility index (Phi) is 8.73. The van der Waals surface area contributed by atoms with Crippen molar-refractivity contribution in [2.75, 3.05) is 7.11 Å². The molecule has 0 saturated heterocycles. The molecule has 0 aliphatic rings. The molecule has 0 atom stereocenters. The van der Waals surface area contributed by atoms with Crippen molar-refractivity contribution in [3.8, 4) is 17.2 Å². The fourth-order valence-electron chi connectivity index (χ4n) is 3.38. The summed E-state index contributed by atoms with van der Waals surface area (Å²) in [5, 5.41) is 4.34. The van der Waals surface area contributed by atoms with E-state index in [0.717, 1.165) is 5.56 Å². The van der Waals surface area contributed by atoms with Gasteiger partial charge >= 0.3 is 0 Å². The molecule has 4 rings (SSSR count). The predicted molar refractivity (Wildman–Crippen MR) is 141 cm³/mol. The maximum Gasteiger partial charge on any atom is 0.271 e. The lowest BCUT2D eigenvalue weighted by Gasteiger charge is -2.12. The molecule has 8 heteroatoms. The molecule has 188 valence electrons. The number of hydrazone groups is 1. The third-order valence-corrected chi connectivity index (χ3v) is 5.64. The molecule has 0 radical (unpaired) electrons. The van der Waals surface area contributed by atoms with Gasteiger partial charge in [-0.05, 0) is 53.6 Å². The van der Waals surface area contributed by atoms with Crippen molar-refractivity contribution in [3.05, 3.63) is 124 Å². The Bertz CT molecular complexity index is 1400. The van der Waals surface area contributed by atoms with Crippen molar-refractivity contribution in [1.82, 2.24) is 5.43 Å². The highest BCUT2D eigenvalue weighted by molar-refractivity contribution is 6.32. The Hall–Kier alpha value is -4.36. The van der Waals surface area contributed by atoms with E-state index < -0.39 is 5.91 Å². The zero-order chi connectivity index (χ0) is 26.0. The molecule has 0 saturated carbocycles. The fourth-order valence-corrected chi connectivity index (χ4v) is 3.62. The molecule has 0 aliphatic carbocycles. The molecule has 37 heavy (non-hydrogen) atoms. The first-order valence-corrected chi connectivity index (χ1v) is 11.7. The number of amides is 1. The largest absolute Gasteiger partial charge is 0.493 e. The van der Waals surface area contributed by atoms with Crippen molar-refractivity contribution in [1.29, 1.82) is 0 Å². The van der Waals surface area contributed by atoms with Crippen molar-refractivity contribution >= 4 is 23.7 Å². The molecule has 4 aromatic carbocycles. The molecular weight excluding hydrogens is 495 g/mol. The van der Waals surface area contributed by atoms with E-state index in [1.54, 1.807) is 54.6 Å². The van der Waals surface area contributed by atoms with Crippen LogP contribution in [-0.4, -0.2) is 19.2 Å². The first kappa shape index (κ1) is 25.7. The second-order valence-electron chi connectivity index (χ2n) is 7.91. The maximum atomic E-state index is 13.8. The Morgan fingerprint density at radius 2 is 1.62 bits per heavy atom. The summed E-state index contributed by atoms with van der Waals surface area (Å²) in [4.78, 5) is 12.6. The van der Waals surface area contributed by atoms with E-state index >= 15 is 0 Å². The molecule has 0 spiro atoms. The van der Waals surface area contributed by atoms with Gasteiger partial charge in [0.15, 0.2) is 11.5 Å². The molecule has 0 heterocycles. The number of halogens is 2. The Balaban J connectivity index is 1.33. The van der Waals surface area contributed by atoms with Crippen LogP contribution in [-0.2, 0) is 13.2 Å². The van der Waals surface area contributed by atoms with Gasteiger partial charge in [0.25, 0.3) is 5.91 Å². The van der Waals surface area contributed by atoms with Crippen LogP contribution in [0, 0.1) is 5.82 Å². The van der Waals surface area contributed by atoms with E-state index in [1.165, 1.54) is 19.4 Å². The van der Waals surface area contributed by atoms with Crippen LogP contribution in [0.4, 0.5) is 4.39 Å². The number of ether oxygens (including phenoxy) is 3. The SMILES string of the molecule is COc1cc(C(=O)N/N=C/c2ccc(OCc3ccccc3F)c(Cl)c2)ccc1OCc1ccccc1. The summed E-state index contributed by atoms with van der Waals surface area (Å²) in [6.07, 6.45) is 1.46. The predicted octanol–water partition coefficient (Wildman–Crippen LogP) is 6.41. The van der Waals surface area contributed by atoms with E-state index in [-0.39, 0.29) is 12.4 Å². The van der Waals surface area contributed by atoms with Crippen LogP contribution >= 0.6 is 11.6 Å². The summed E-state index contributed by atoms with van der Waals surface area (Å²) < 4.78 is 30.6. The zero-order valence-electron chi connectivity index (χ0n) is 20.0. The van der Waals surface area contributed by atoms with Gasteiger partial charge in [-0.15, -0.1) is 0 Å². The van der Waals surface area contributed by atoms with Crippen LogP contribution < -0.4 is 19.6 Å². The first-order valence-electron chi connectivity index (χ1n) is 11.4. The van der Waals surface area contributed by atoms with Gasteiger partial charge < -0.3 is 14.2 Å². The standard InChI is InChI=1S/C29H24ClFN2O4/c1-35-28-16-22(12-14-27(28)36-18-20-7-3-2-4-8-20)29(34)33-32-17-21-11-13-26(24(30)15-21)37-19-23-9-5-6-10-25(23)31/h2-17H,18-19H2,1H3,(H,33,34)/b32-17+. The van der Waals surface area contributed by atoms with Gasteiger partial charge in [-0.2, -0.15) is 5.10 Å². The number of methoxy groups -OCH3 is 1. The third-order valence-electron chi connectivity index (χ3n) is 5.34. The lowest BCUT2D eigenvalue weighted by Crippen LogP contribution is -2.17. The Morgan fingerprint density at radius 1 is 0.892 bits per heavy atom. The van der Waals surface area contributed by atoms with Gasteiger partial charge in [0.1, 0.15) is 24.8 Å². The average molecular weight is 519 g/mol. The minimum atomic E-state index is -0.417. The number of nitrogens with zero attached hydrogens (tertiary/aromatic N) is 1. The molecule has 4 aromatic rings. The summed E-state index contributed by atoms with van der Waals surface area (Å²) in [6.45, 7) is 0.429. The molecule has 0 unspecified atom stereocenters. The van der Waals surface area contributed by atoms with E-state index in [1.807, 2.05) is 30.3 Å². The summed E-state index contributed by atoms with van der Waals surface area (Å²) >= 11 is 6.29. The number of benzene rings is 4. The number of nitrogens with one attached hydrogen (secondary N) is 1. The second kappa shape index (κ2) is 12.6. The van der Waals surface area contributed by atoms with Gasteiger partial charge in [-0.3, -0.25) is 4.79 Å². The quantitative estimate of drug-likeness (QED) is 0.194. The fraction of sp³-hybridized carbons (Fsp3) is 0.103. The summed E-state index contributed by atoms with van der Waals surface area (Å²) in [5.74, 6) is 0.613. The van der Waals surface area contributed by atoms with Crippen LogP contribution in [0.3, 0.4) is 0 Å². The number of carbonyl (C=O) groups is 1. The number of hydrogen-bond acceptors (Lipinski definition) is 5. The minimum absolute atomic E-state index is 0.0510. The number of carbonyl (C=O) groups excluding carboxylic acids is 1. The van der Waals surface area contributed by atoms with Crippen molar-refractivity contribution in [2.24, 2.45) is 5.10 Å². The summed E-state index contributed by atoms with van der Waals surface area (Å²) in [6, 6.07) is 26.0. The topological polar surface area (TPSA) is 69.2 Å². The van der Waals surface area contributed by atoms with Crippen LogP contribution in [0.15, 0.2) is 96.1 Å². The van der Waals surface area contributed by atoms with Gasteiger partial charge in [0, 0.05) is 11.1 Å².